The van der Waals surface area contributed by atoms with Gasteiger partial charge in [0, 0.05) is 31.7 Å². The SMILES string of the molecule is CCCCN1CCN(C(=O)Nc2ccccc2-c2ccccc2)CC1. The second kappa shape index (κ2) is 8.67. The first-order valence-corrected chi connectivity index (χ1v) is 9.20. The fraction of sp³-hybridized carbons (Fsp3) is 0.381. The van der Waals surface area contributed by atoms with Crippen LogP contribution < -0.4 is 5.32 Å². The Balaban J connectivity index is 1.63. The number of para-hydroxylation sites is 1. The summed E-state index contributed by atoms with van der Waals surface area (Å²) in [5.41, 5.74) is 3.04. The van der Waals surface area contributed by atoms with E-state index in [9.17, 15) is 4.79 Å². The number of carbonyl (C=O) groups is 1. The molecule has 1 aliphatic rings. The van der Waals surface area contributed by atoms with Gasteiger partial charge in [0.1, 0.15) is 0 Å². The molecule has 1 N–H and O–H groups in total. The average Bonchev–Trinajstić information content (AvgIpc) is 2.68. The summed E-state index contributed by atoms with van der Waals surface area (Å²) < 4.78 is 0. The summed E-state index contributed by atoms with van der Waals surface area (Å²) in [5.74, 6) is 0. The Morgan fingerprint density at radius 1 is 0.960 bits per heavy atom. The minimum atomic E-state index is -0.00137. The molecular formula is C21H27N3O. The number of benzene rings is 2. The van der Waals surface area contributed by atoms with Crippen LogP contribution in [0.4, 0.5) is 10.5 Å². The number of nitrogens with one attached hydrogen (secondary N) is 1. The van der Waals surface area contributed by atoms with Crippen molar-refractivity contribution in [3.8, 4) is 11.1 Å². The van der Waals surface area contributed by atoms with Gasteiger partial charge in [-0.3, -0.25) is 4.90 Å². The van der Waals surface area contributed by atoms with Crippen LogP contribution in [0.5, 0.6) is 0 Å². The normalized spacial score (nSPS) is 15.2. The van der Waals surface area contributed by atoms with Crippen LogP contribution in [0, 0.1) is 0 Å². The average molecular weight is 337 g/mol. The molecule has 3 rings (SSSR count). The molecule has 4 heteroatoms. The Morgan fingerprint density at radius 2 is 1.64 bits per heavy atom. The molecule has 132 valence electrons. The van der Waals surface area contributed by atoms with Crippen molar-refractivity contribution >= 4 is 11.7 Å². The Labute approximate surface area is 150 Å². The fourth-order valence-corrected chi connectivity index (χ4v) is 3.21. The van der Waals surface area contributed by atoms with E-state index in [1.807, 2.05) is 47.4 Å². The van der Waals surface area contributed by atoms with E-state index in [-0.39, 0.29) is 6.03 Å². The quantitative estimate of drug-likeness (QED) is 0.883. The van der Waals surface area contributed by atoms with Gasteiger partial charge < -0.3 is 10.2 Å². The molecule has 0 aromatic heterocycles. The maximum absolute atomic E-state index is 12.7. The highest BCUT2D eigenvalue weighted by Crippen LogP contribution is 2.27. The van der Waals surface area contributed by atoms with Gasteiger partial charge in [0.05, 0.1) is 5.69 Å². The second-order valence-corrected chi connectivity index (χ2v) is 6.52. The number of anilines is 1. The third-order valence-electron chi connectivity index (χ3n) is 4.74. The molecule has 25 heavy (non-hydrogen) atoms. The third-order valence-corrected chi connectivity index (χ3v) is 4.74. The summed E-state index contributed by atoms with van der Waals surface area (Å²) >= 11 is 0. The predicted octanol–water partition coefficient (Wildman–Crippen LogP) is 4.30. The smallest absolute Gasteiger partial charge is 0.321 e. The Kier molecular flexibility index (Phi) is 6.07. The van der Waals surface area contributed by atoms with Crippen LogP contribution in [0.2, 0.25) is 0 Å². The van der Waals surface area contributed by atoms with Gasteiger partial charge >= 0.3 is 6.03 Å². The third kappa shape index (κ3) is 4.60. The number of hydrogen-bond donors (Lipinski definition) is 1. The molecular weight excluding hydrogens is 310 g/mol. The molecule has 2 aromatic rings. The van der Waals surface area contributed by atoms with Crippen molar-refractivity contribution in [2.75, 3.05) is 38.0 Å². The van der Waals surface area contributed by atoms with Gasteiger partial charge in [-0.15, -0.1) is 0 Å². The molecule has 2 amide bonds. The molecule has 0 spiro atoms. The van der Waals surface area contributed by atoms with Crippen molar-refractivity contribution in [1.29, 1.82) is 0 Å². The summed E-state index contributed by atoms with van der Waals surface area (Å²) in [6.07, 6.45) is 2.45. The number of hydrogen-bond acceptors (Lipinski definition) is 2. The lowest BCUT2D eigenvalue weighted by atomic mass is 10.0. The van der Waals surface area contributed by atoms with Crippen LogP contribution in [0.3, 0.4) is 0 Å². The second-order valence-electron chi connectivity index (χ2n) is 6.52. The summed E-state index contributed by atoms with van der Waals surface area (Å²) in [7, 11) is 0. The number of amides is 2. The standard InChI is InChI=1S/C21H27N3O/c1-2-3-13-23-14-16-24(17-15-23)21(25)22-20-12-8-7-11-19(20)18-9-5-4-6-10-18/h4-12H,2-3,13-17H2,1H3,(H,22,25). The van der Waals surface area contributed by atoms with E-state index in [0.29, 0.717) is 0 Å². The van der Waals surface area contributed by atoms with Crippen molar-refractivity contribution in [2.45, 2.75) is 19.8 Å². The van der Waals surface area contributed by atoms with Crippen LogP contribution in [0.25, 0.3) is 11.1 Å². The zero-order chi connectivity index (χ0) is 17.5. The predicted molar refractivity (Wildman–Crippen MR) is 104 cm³/mol. The van der Waals surface area contributed by atoms with Crippen molar-refractivity contribution in [3.05, 3.63) is 54.6 Å². The highest BCUT2D eigenvalue weighted by molar-refractivity contribution is 5.94. The molecule has 1 fully saturated rings. The molecule has 4 nitrogen and oxygen atoms in total. The minimum Gasteiger partial charge on any atom is -0.322 e. The first-order chi connectivity index (χ1) is 12.3. The van der Waals surface area contributed by atoms with Crippen molar-refractivity contribution < 1.29 is 4.79 Å². The van der Waals surface area contributed by atoms with Crippen molar-refractivity contribution in [1.82, 2.24) is 9.80 Å². The summed E-state index contributed by atoms with van der Waals surface area (Å²) in [4.78, 5) is 17.0. The van der Waals surface area contributed by atoms with Gasteiger partial charge in [0.25, 0.3) is 0 Å². The number of piperazine rings is 1. The molecule has 0 aliphatic carbocycles. The fourth-order valence-electron chi connectivity index (χ4n) is 3.21. The van der Waals surface area contributed by atoms with Crippen LogP contribution in [0.1, 0.15) is 19.8 Å². The van der Waals surface area contributed by atoms with Crippen LogP contribution in [-0.4, -0.2) is 48.6 Å². The Hall–Kier alpha value is -2.33. The van der Waals surface area contributed by atoms with E-state index in [2.05, 4.69) is 29.3 Å². The molecule has 0 saturated carbocycles. The maximum Gasteiger partial charge on any atom is 0.321 e. The van der Waals surface area contributed by atoms with Crippen molar-refractivity contribution in [2.24, 2.45) is 0 Å². The minimum absolute atomic E-state index is 0.00137. The molecule has 0 radical (unpaired) electrons. The molecule has 0 atom stereocenters. The Morgan fingerprint density at radius 3 is 2.36 bits per heavy atom. The number of urea groups is 1. The Bertz CT molecular complexity index is 679. The van der Waals surface area contributed by atoms with E-state index < -0.39 is 0 Å². The van der Waals surface area contributed by atoms with Gasteiger partial charge in [-0.25, -0.2) is 4.79 Å². The van der Waals surface area contributed by atoms with Gasteiger partial charge in [0.2, 0.25) is 0 Å². The van der Waals surface area contributed by atoms with E-state index in [1.165, 1.54) is 12.8 Å². The lowest BCUT2D eigenvalue weighted by molar-refractivity contribution is 0.146. The number of carbonyl (C=O) groups excluding carboxylic acids is 1. The zero-order valence-electron chi connectivity index (χ0n) is 14.9. The number of unbranched alkanes of at least 4 members (excludes halogenated alkanes) is 1. The topological polar surface area (TPSA) is 35.6 Å². The molecule has 0 bridgehead atoms. The van der Waals surface area contributed by atoms with Crippen LogP contribution >= 0.6 is 0 Å². The lowest BCUT2D eigenvalue weighted by Gasteiger charge is -2.34. The zero-order valence-corrected chi connectivity index (χ0v) is 14.9. The van der Waals surface area contributed by atoms with Gasteiger partial charge in [-0.2, -0.15) is 0 Å². The largest absolute Gasteiger partial charge is 0.322 e. The molecule has 1 saturated heterocycles. The molecule has 0 unspecified atom stereocenters. The lowest BCUT2D eigenvalue weighted by Crippen LogP contribution is -2.50. The highest BCUT2D eigenvalue weighted by Gasteiger charge is 2.21. The summed E-state index contributed by atoms with van der Waals surface area (Å²) in [6, 6.07) is 18.2. The highest BCUT2D eigenvalue weighted by atomic mass is 16.2. The van der Waals surface area contributed by atoms with Gasteiger partial charge in [0.15, 0.2) is 0 Å². The molecule has 2 aromatic carbocycles. The monoisotopic (exact) mass is 337 g/mol. The number of rotatable bonds is 5. The van der Waals surface area contributed by atoms with E-state index >= 15 is 0 Å². The number of nitrogens with zero attached hydrogens (tertiary/aromatic N) is 2. The van der Waals surface area contributed by atoms with Gasteiger partial charge in [-0.1, -0.05) is 61.9 Å². The van der Waals surface area contributed by atoms with E-state index in [0.717, 1.165) is 49.5 Å². The van der Waals surface area contributed by atoms with E-state index in [1.54, 1.807) is 0 Å². The molecule has 1 aliphatic heterocycles. The van der Waals surface area contributed by atoms with Crippen molar-refractivity contribution in [3.63, 3.8) is 0 Å². The van der Waals surface area contributed by atoms with Crippen LogP contribution in [0.15, 0.2) is 54.6 Å². The van der Waals surface area contributed by atoms with Gasteiger partial charge in [-0.05, 0) is 24.6 Å². The van der Waals surface area contributed by atoms with E-state index in [4.69, 9.17) is 0 Å². The first-order valence-electron chi connectivity index (χ1n) is 9.20. The molecule has 1 heterocycles. The first kappa shape index (κ1) is 17.5. The summed E-state index contributed by atoms with van der Waals surface area (Å²) in [5, 5.41) is 3.11. The maximum atomic E-state index is 12.7. The van der Waals surface area contributed by atoms with Crippen LogP contribution in [-0.2, 0) is 0 Å². The summed E-state index contributed by atoms with van der Waals surface area (Å²) in [6.45, 7) is 6.88.